The van der Waals surface area contributed by atoms with Crippen LogP contribution in [0.4, 0.5) is 0 Å². The summed E-state index contributed by atoms with van der Waals surface area (Å²) in [6, 6.07) is 9.08. The third-order valence-electron chi connectivity index (χ3n) is 4.14. The van der Waals surface area contributed by atoms with Crippen molar-refractivity contribution in [3.05, 3.63) is 35.9 Å². The van der Waals surface area contributed by atoms with E-state index in [0.29, 0.717) is 6.61 Å². The van der Waals surface area contributed by atoms with Crippen LogP contribution >= 0.6 is 11.8 Å². The molecular formula is C17H23NO5S. The van der Waals surface area contributed by atoms with Crippen LogP contribution in [0.25, 0.3) is 0 Å². The number of aliphatic hydroxyl groups excluding tert-OH is 1. The average Bonchev–Trinajstić information content (AvgIpc) is 2.59. The van der Waals surface area contributed by atoms with Crippen LogP contribution in [-0.4, -0.2) is 53.2 Å². The molecule has 0 saturated carbocycles. The van der Waals surface area contributed by atoms with E-state index < -0.39 is 24.5 Å². The van der Waals surface area contributed by atoms with E-state index in [1.807, 2.05) is 37.3 Å². The lowest BCUT2D eigenvalue weighted by Crippen LogP contribution is -2.65. The van der Waals surface area contributed by atoms with Crippen LogP contribution in [0.2, 0.25) is 0 Å². The minimum Gasteiger partial charge on any atom is -0.388 e. The Hall–Kier alpha value is -1.12. The summed E-state index contributed by atoms with van der Waals surface area (Å²) in [4.78, 5) is 11.5. The molecule has 0 bridgehead atoms. The third-order valence-corrected chi connectivity index (χ3v) is 5.20. The Morgan fingerprint density at radius 2 is 2.08 bits per heavy atom. The normalized spacial score (nSPS) is 36.0. The van der Waals surface area contributed by atoms with Crippen LogP contribution < -0.4 is 5.32 Å². The number of carbonyl (C=O) groups is 1. The highest BCUT2D eigenvalue weighted by atomic mass is 32.2. The van der Waals surface area contributed by atoms with E-state index in [1.165, 1.54) is 6.92 Å². The molecule has 2 aliphatic rings. The van der Waals surface area contributed by atoms with Gasteiger partial charge in [-0.2, -0.15) is 0 Å². The van der Waals surface area contributed by atoms with Crippen LogP contribution in [0.1, 0.15) is 25.7 Å². The molecule has 2 saturated heterocycles. The first kappa shape index (κ1) is 17.7. The van der Waals surface area contributed by atoms with Gasteiger partial charge in [0.25, 0.3) is 0 Å². The summed E-state index contributed by atoms with van der Waals surface area (Å²) in [7, 11) is 0. The highest BCUT2D eigenvalue weighted by Crippen LogP contribution is 2.36. The van der Waals surface area contributed by atoms with Crippen LogP contribution in [0, 0.1) is 0 Å². The number of aliphatic hydroxyl groups is 1. The number of amides is 1. The fourth-order valence-electron chi connectivity index (χ4n) is 3.07. The Morgan fingerprint density at radius 3 is 2.75 bits per heavy atom. The van der Waals surface area contributed by atoms with Crippen molar-refractivity contribution in [2.45, 2.75) is 49.9 Å². The monoisotopic (exact) mass is 353 g/mol. The molecule has 1 aromatic rings. The van der Waals surface area contributed by atoms with E-state index in [2.05, 4.69) is 5.32 Å². The Kier molecular flexibility index (Phi) is 5.78. The number of carbonyl (C=O) groups excluding carboxylic acids is 1. The molecule has 0 aromatic heterocycles. The molecular weight excluding hydrogens is 330 g/mol. The highest BCUT2D eigenvalue weighted by Gasteiger charge is 2.49. The number of fused-ring (bicyclic) bond motifs is 1. The van der Waals surface area contributed by atoms with Crippen LogP contribution in [-0.2, 0) is 19.0 Å². The maximum absolute atomic E-state index is 11.5. The summed E-state index contributed by atoms with van der Waals surface area (Å²) in [5.41, 5.74) is 0.569. The predicted molar refractivity (Wildman–Crippen MR) is 90.4 cm³/mol. The van der Waals surface area contributed by atoms with E-state index in [4.69, 9.17) is 14.2 Å². The van der Waals surface area contributed by atoms with Gasteiger partial charge in [0.1, 0.15) is 23.7 Å². The summed E-state index contributed by atoms with van der Waals surface area (Å²) >= 11 is 1.55. The van der Waals surface area contributed by atoms with E-state index in [0.717, 1.165) is 11.3 Å². The number of hydrogen-bond donors (Lipinski definition) is 2. The predicted octanol–water partition coefficient (Wildman–Crippen LogP) is 1.44. The largest absolute Gasteiger partial charge is 0.388 e. The average molecular weight is 353 g/mol. The quantitative estimate of drug-likeness (QED) is 0.853. The summed E-state index contributed by atoms with van der Waals surface area (Å²) < 4.78 is 17.8. The fourth-order valence-corrected chi connectivity index (χ4v) is 4.05. The van der Waals surface area contributed by atoms with Gasteiger partial charge >= 0.3 is 0 Å². The van der Waals surface area contributed by atoms with Crippen LogP contribution in [0.15, 0.2) is 30.3 Å². The molecule has 1 amide bonds. The van der Waals surface area contributed by atoms with Crippen molar-refractivity contribution in [1.29, 1.82) is 0 Å². The second kappa shape index (κ2) is 7.84. The van der Waals surface area contributed by atoms with Crippen LogP contribution in [0.3, 0.4) is 0 Å². The zero-order valence-electron chi connectivity index (χ0n) is 13.8. The summed E-state index contributed by atoms with van der Waals surface area (Å²) in [6.07, 6.45) is -2.30. The van der Waals surface area contributed by atoms with Gasteiger partial charge in [0, 0.05) is 12.5 Å². The van der Waals surface area contributed by atoms with Gasteiger partial charge in [0.2, 0.25) is 5.91 Å². The molecule has 24 heavy (non-hydrogen) atoms. The maximum atomic E-state index is 11.5. The lowest BCUT2D eigenvalue weighted by Gasteiger charge is -2.47. The first-order chi connectivity index (χ1) is 11.6. The Bertz CT molecular complexity index is 557. The molecule has 6 nitrogen and oxygen atoms in total. The molecule has 0 radical (unpaired) electrons. The van der Waals surface area contributed by atoms with Gasteiger partial charge in [0.05, 0.1) is 12.6 Å². The van der Waals surface area contributed by atoms with Crippen molar-refractivity contribution in [1.82, 2.24) is 5.32 Å². The van der Waals surface area contributed by atoms with Gasteiger partial charge < -0.3 is 24.6 Å². The molecule has 6 atom stereocenters. The zero-order chi connectivity index (χ0) is 17.1. The molecule has 2 fully saturated rings. The minimum atomic E-state index is -0.855. The Labute approximate surface area is 145 Å². The highest BCUT2D eigenvalue weighted by molar-refractivity contribution is 7.99. The first-order valence-corrected chi connectivity index (χ1v) is 9.19. The molecule has 0 spiro atoms. The third kappa shape index (κ3) is 3.75. The lowest BCUT2D eigenvalue weighted by atomic mass is 9.96. The van der Waals surface area contributed by atoms with Gasteiger partial charge in [-0.1, -0.05) is 37.3 Å². The number of benzene rings is 1. The van der Waals surface area contributed by atoms with Gasteiger partial charge in [-0.25, -0.2) is 0 Å². The van der Waals surface area contributed by atoms with Crippen molar-refractivity contribution in [3.8, 4) is 0 Å². The standard InChI is InChI=1S/C17H23NO5S/c1-3-24-17-13(18-10(2)19)14(20)15-12(22-17)9-21-16(23-15)11-7-5-4-6-8-11/h4-8,12-17,20H,3,9H2,1-2H3,(H,18,19)/t12-,13-,14+,15+,16+,17+/m1/s1. The second-order valence-electron chi connectivity index (χ2n) is 5.89. The molecule has 1 aromatic carbocycles. The second-order valence-corrected chi connectivity index (χ2v) is 7.27. The number of ether oxygens (including phenoxy) is 3. The van der Waals surface area contributed by atoms with E-state index in [1.54, 1.807) is 11.8 Å². The van der Waals surface area contributed by atoms with Crippen molar-refractivity contribution < 1.29 is 24.1 Å². The molecule has 2 N–H and O–H groups in total. The zero-order valence-corrected chi connectivity index (χ0v) is 14.6. The molecule has 2 aliphatic heterocycles. The lowest BCUT2D eigenvalue weighted by molar-refractivity contribution is -0.306. The smallest absolute Gasteiger partial charge is 0.217 e. The van der Waals surface area contributed by atoms with Gasteiger partial charge in [-0.05, 0) is 5.75 Å². The Balaban J connectivity index is 1.76. The number of nitrogens with one attached hydrogen (secondary N) is 1. The molecule has 3 rings (SSSR count). The van der Waals surface area contributed by atoms with E-state index >= 15 is 0 Å². The molecule has 132 valence electrons. The SMILES string of the molecule is CCS[C@@H]1O[C@@H]2CO[C@H](c3ccccc3)O[C@@H]2[C@@H](O)[C@H]1NC(C)=O. The van der Waals surface area contributed by atoms with Gasteiger partial charge in [-0.15, -0.1) is 11.8 Å². The van der Waals surface area contributed by atoms with Crippen molar-refractivity contribution >= 4 is 17.7 Å². The Morgan fingerprint density at radius 1 is 1.33 bits per heavy atom. The summed E-state index contributed by atoms with van der Waals surface area (Å²) in [5, 5.41) is 13.6. The topological polar surface area (TPSA) is 77.0 Å². The number of thioether (sulfide) groups is 1. The van der Waals surface area contributed by atoms with E-state index in [-0.39, 0.29) is 17.4 Å². The van der Waals surface area contributed by atoms with Gasteiger partial charge in [0.15, 0.2) is 6.29 Å². The van der Waals surface area contributed by atoms with Gasteiger partial charge in [-0.3, -0.25) is 4.79 Å². The summed E-state index contributed by atoms with van der Waals surface area (Å²) in [5.74, 6) is 0.619. The number of hydrogen-bond acceptors (Lipinski definition) is 6. The molecule has 2 heterocycles. The fraction of sp³-hybridized carbons (Fsp3) is 0.588. The van der Waals surface area contributed by atoms with Crippen molar-refractivity contribution in [3.63, 3.8) is 0 Å². The van der Waals surface area contributed by atoms with Crippen molar-refractivity contribution in [2.75, 3.05) is 12.4 Å². The molecule has 0 unspecified atom stereocenters. The van der Waals surface area contributed by atoms with Crippen molar-refractivity contribution in [2.24, 2.45) is 0 Å². The summed E-state index contributed by atoms with van der Waals surface area (Å²) in [6.45, 7) is 3.79. The molecule has 7 heteroatoms. The first-order valence-electron chi connectivity index (χ1n) is 8.14. The van der Waals surface area contributed by atoms with Crippen LogP contribution in [0.5, 0.6) is 0 Å². The maximum Gasteiger partial charge on any atom is 0.217 e. The van der Waals surface area contributed by atoms with E-state index in [9.17, 15) is 9.90 Å². The minimum absolute atomic E-state index is 0.200. The number of rotatable bonds is 4. The molecule has 0 aliphatic carbocycles.